The molecule has 0 unspecified atom stereocenters. The number of carbonyl (C=O) groups is 1. The van der Waals surface area contributed by atoms with Gasteiger partial charge in [-0.2, -0.15) is 0 Å². The molecule has 2 aromatic rings. The van der Waals surface area contributed by atoms with E-state index in [-0.39, 0.29) is 11.6 Å². The van der Waals surface area contributed by atoms with Crippen LogP contribution in [0.4, 0.5) is 17.1 Å². The van der Waals surface area contributed by atoms with Crippen LogP contribution in [-0.2, 0) is 0 Å². The number of halogens is 1. The molecule has 1 amide bonds. The zero-order valence-electron chi connectivity index (χ0n) is 15.0. The molecule has 3 rings (SSSR count). The lowest BCUT2D eigenvalue weighted by atomic mass is 10.1. The highest BCUT2D eigenvalue weighted by Crippen LogP contribution is 2.27. The summed E-state index contributed by atoms with van der Waals surface area (Å²) in [4.78, 5) is 27.5. The SMILES string of the molecule is CCNc1ccc(C(=O)N2CCN(c3cccc(Cl)c3)CC2)cc1[N+](=O)[O-]. The Morgan fingerprint density at radius 1 is 1.19 bits per heavy atom. The van der Waals surface area contributed by atoms with Crippen molar-refractivity contribution in [1.82, 2.24) is 4.90 Å². The molecule has 27 heavy (non-hydrogen) atoms. The van der Waals surface area contributed by atoms with Crippen LogP contribution in [0.25, 0.3) is 0 Å². The summed E-state index contributed by atoms with van der Waals surface area (Å²) in [5.41, 5.74) is 1.70. The fraction of sp³-hybridized carbons (Fsp3) is 0.316. The van der Waals surface area contributed by atoms with E-state index in [1.807, 2.05) is 31.2 Å². The highest BCUT2D eigenvalue weighted by molar-refractivity contribution is 6.30. The van der Waals surface area contributed by atoms with E-state index in [0.29, 0.717) is 49.0 Å². The molecule has 0 saturated carbocycles. The summed E-state index contributed by atoms with van der Waals surface area (Å²) in [5.74, 6) is -0.188. The van der Waals surface area contributed by atoms with Crippen molar-refractivity contribution in [2.75, 3.05) is 42.9 Å². The van der Waals surface area contributed by atoms with E-state index >= 15 is 0 Å². The van der Waals surface area contributed by atoms with E-state index in [1.54, 1.807) is 17.0 Å². The lowest BCUT2D eigenvalue weighted by Gasteiger charge is -2.36. The molecular weight excluding hydrogens is 368 g/mol. The Hall–Kier alpha value is -2.80. The standard InChI is InChI=1S/C19H21ClN4O3/c1-2-21-17-7-6-14(12-18(17)24(26)27)19(25)23-10-8-22(9-11-23)16-5-3-4-15(20)13-16/h3-7,12-13,21H,2,8-11H2,1H3. The van der Waals surface area contributed by atoms with Gasteiger partial charge >= 0.3 is 0 Å². The molecular formula is C19H21ClN4O3. The Labute approximate surface area is 162 Å². The van der Waals surface area contributed by atoms with Crippen molar-refractivity contribution in [1.29, 1.82) is 0 Å². The van der Waals surface area contributed by atoms with Gasteiger partial charge in [-0.15, -0.1) is 0 Å². The monoisotopic (exact) mass is 388 g/mol. The van der Waals surface area contributed by atoms with Crippen molar-refractivity contribution in [3.63, 3.8) is 0 Å². The molecule has 0 radical (unpaired) electrons. The molecule has 1 N–H and O–H groups in total. The van der Waals surface area contributed by atoms with E-state index < -0.39 is 4.92 Å². The Kier molecular flexibility index (Phi) is 5.81. The van der Waals surface area contributed by atoms with Crippen LogP contribution >= 0.6 is 11.6 Å². The lowest BCUT2D eigenvalue weighted by molar-refractivity contribution is -0.384. The van der Waals surface area contributed by atoms with Gasteiger partial charge in [0.2, 0.25) is 0 Å². The molecule has 0 atom stereocenters. The number of hydrogen-bond acceptors (Lipinski definition) is 5. The summed E-state index contributed by atoms with van der Waals surface area (Å²) in [6.07, 6.45) is 0. The summed E-state index contributed by atoms with van der Waals surface area (Å²) < 4.78 is 0. The predicted octanol–water partition coefficient (Wildman–Crippen LogP) is 3.64. The van der Waals surface area contributed by atoms with Gasteiger partial charge in [-0.05, 0) is 37.3 Å². The van der Waals surface area contributed by atoms with Crippen molar-refractivity contribution in [3.05, 3.63) is 63.2 Å². The predicted molar refractivity (Wildman–Crippen MR) is 107 cm³/mol. The Morgan fingerprint density at radius 3 is 2.56 bits per heavy atom. The van der Waals surface area contributed by atoms with Crippen LogP contribution < -0.4 is 10.2 Å². The first-order valence-corrected chi connectivity index (χ1v) is 9.19. The number of benzene rings is 2. The molecule has 0 spiro atoms. The summed E-state index contributed by atoms with van der Waals surface area (Å²) in [5, 5.41) is 14.9. The van der Waals surface area contributed by atoms with Gasteiger partial charge in [-0.3, -0.25) is 14.9 Å². The minimum atomic E-state index is -0.466. The molecule has 1 saturated heterocycles. The fourth-order valence-electron chi connectivity index (χ4n) is 3.18. The molecule has 8 heteroatoms. The van der Waals surface area contributed by atoms with Crippen molar-refractivity contribution < 1.29 is 9.72 Å². The summed E-state index contributed by atoms with van der Waals surface area (Å²) in [7, 11) is 0. The zero-order valence-corrected chi connectivity index (χ0v) is 15.8. The first-order chi connectivity index (χ1) is 13.0. The Bertz CT molecular complexity index is 851. The van der Waals surface area contributed by atoms with Crippen LogP contribution in [0.3, 0.4) is 0 Å². The number of nitro groups is 1. The molecule has 0 aliphatic carbocycles. The maximum Gasteiger partial charge on any atom is 0.293 e. The molecule has 7 nitrogen and oxygen atoms in total. The minimum Gasteiger partial charge on any atom is -0.380 e. The minimum absolute atomic E-state index is 0.0831. The number of amides is 1. The molecule has 0 bridgehead atoms. The van der Waals surface area contributed by atoms with Crippen LogP contribution in [0.2, 0.25) is 5.02 Å². The molecule has 1 aliphatic rings. The molecule has 142 valence electrons. The summed E-state index contributed by atoms with van der Waals surface area (Å²) >= 11 is 6.05. The van der Waals surface area contributed by atoms with Gasteiger partial charge in [-0.25, -0.2) is 0 Å². The van der Waals surface area contributed by atoms with Gasteiger partial charge in [0.05, 0.1) is 4.92 Å². The molecule has 1 aliphatic heterocycles. The maximum absolute atomic E-state index is 12.8. The first-order valence-electron chi connectivity index (χ1n) is 8.81. The van der Waals surface area contributed by atoms with Gasteiger partial charge in [0, 0.05) is 55.1 Å². The topological polar surface area (TPSA) is 78.7 Å². The third-order valence-corrected chi connectivity index (χ3v) is 4.78. The zero-order chi connectivity index (χ0) is 19.4. The molecule has 0 aromatic heterocycles. The van der Waals surface area contributed by atoms with Crippen molar-refractivity contribution >= 4 is 34.6 Å². The van der Waals surface area contributed by atoms with Crippen LogP contribution in [0.1, 0.15) is 17.3 Å². The van der Waals surface area contributed by atoms with Crippen molar-refractivity contribution in [2.45, 2.75) is 6.92 Å². The number of hydrogen-bond donors (Lipinski definition) is 1. The van der Waals surface area contributed by atoms with E-state index in [9.17, 15) is 14.9 Å². The maximum atomic E-state index is 12.8. The number of nitro benzene ring substituents is 1. The van der Waals surface area contributed by atoms with E-state index in [0.717, 1.165) is 5.69 Å². The number of carbonyl (C=O) groups excluding carboxylic acids is 1. The number of anilines is 2. The summed E-state index contributed by atoms with van der Waals surface area (Å²) in [6, 6.07) is 12.2. The van der Waals surface area contributed by atoms with Gasteiger partial charge in [-0.1, -0.05) is 17.7 Å². The van der Waals surface area contributed by atoms with Gasteiger partial charge in [0.1, 0.15) is 5.69 Å². The Balaban J connectivity index is 1.70. The average Bonchev–Trinajstić information content (AvgIpc) is 2.68. The third kappa shape index (κ3) is 4.31. The van der Waals surface area contributed by atoms with Crippen LogP contribution in [0.15, 0.2) is 42.5 Å². The molecule has 2 aromatic carbocycles. The van der Waals surface area contributed by atoms with Crippen molar-refractivity contribution in [3.8, 4) is 0 Å². The van der Waals surface area contributed by atoms with E-state index in [1.165, 1.54) is 6.07 Å². The second kappa shape index (κ2) is 8.26. The Morgan fingerprint density at radius 2 is 1.93 bits per heavy atom. The normalized spacial score (nSPS) is 14.1. The van der Waals surface area contributed by atoms with E-state index in [2.05, 4.69) is 10.2 Å². The van der Waals surface area contributed by atoms with Crippen LogP contribution in [-0.4, -0.2) is 48.5 Å². The molecule has 1 fully saturated rings. The fourth-order valence-corrected chi connectivity index (χ4v) is 3.36. The molecule has 1 heterocycles. The van der Waals surface area contributed by atoms with E-state index in [4.69, 9.17) is 11.6 Å². The second-order valence-corrected chi connectivity index (χ2v) is 6.71. The second-order valence-electron chi connectivity index (χ2n) is 6.28. The number of piperazine rings is 1. The largest absolute Gasteiger partial charge is 0.380 e. The number of nitrogens with one attached hydrogen (secondary N) is 1. The number of nitrogens with zero attached hydrogens (tertiary/aromatic N) is 3. The highest BCUT2D eigenvalue weighted by atomic mass is 35.5. The van der Waals surface area contributed by atoms with Gasteiger partial charge < -0.3 is 15.1 Å². The first kappa shape index (κ1) is 19.0. The van der Waals surface area contributed by atoms with Crippen LogP contribution in [0.5, 0.6) is 0 Å². The van der Waals surface area contributed by atoms with Crippen LogP contribution in [0, 0.1) is 10.1 Å². The average molecular weight is 389 g/mol. The number of rotatable bonds is 5. The van der Waals surface area contributed by atoms with Gasteiger partial charge in [0.15, 0.2) is 0 Å². The smallest absolute Gasteiger partial charge is 0.293 e. The quantitative estimate of drug-likeness (QED) is 0.624. The summed E-state index contributed by atoms with van der Waals surface area (Å²) in [6.45, 7) is 4.90. The highest BCUT2D eigenvalue weighted by Gasteiger charge is 2.24. The third-order valence-electron chi connectivity index (χ3n) is 4.55. The van der Waals surface area contributed by atoms with Crippen molar-refractivity contribution in [2.24, 2.45) is 0 Å². The lowest BCUT2D eigenvalue weighted by Crippen LogP contribution is -2.48. The van der Waals surface area contributed by atoms with Gasteiger partial charge in [0.25, 0.3) is 11.6 Å².